The molecular formula is C18H23ClN2O3. The van der Waals surface area contributed by atoms with Gasteiger partial charge in [0.05, 0.1) is 0 Å². The van der Waals surface area contributed by atoms with Crippen molar-refractivity contribution in [2.75, 3.05) is 19.6 Å². The van der Waals surface area contributed by atoms with Crippen LogP contribution in [0.4, 0.5) is 0 Å². The van der Waals surface area contributed by atoms with Crippen LogP contribution in [-0.4, -0.2) is 30.4 Å². The average Bonchev–Trinajstić information content (AvgIpc) is 3.04. The zero-order valence-corrected chi connectivity index (χ0v) is 14.3. The Morgan fingerprint density at radius 2 is 2.04 bits per heavy atom. The SMILES string of the molecule is Cl.NCCC1CCCN(C(=O)c2ccc(Oc3ccccc3)o2)C1. The van der Waals surface area contributed by atoms with Gasteiger partial charge in [-0.3, -0.25) is 4.79 Å². The van der Waals surface area contributed by atoms with E-state index in [4.69, 9.17) is 14.9 Å². The van der Waals surface area contributed by atoms with E-state index in [-0.39, 0.29) is 18.3 Å². The van der Waals surface area contributed by atoms with Gasteiger partial charge in [0, 0.05) is 19.2 Å². The second kappa shape index (κ2) is 8.76. The monoisotopic (exact) mass is 350 g/mol. The lowest BCUT2D eigenvalue weighted by Crippen LogP contribution is -2.40. The zero-order valence-electron chi connectivity index (χ0n) is 13.5. The Morgan fingerprint density at radius 3 is 2.79 bits per heavy atom. The lowest BCUT2D eigenvalue weighted by molar-refractivity contribution is 0.0632. The maximum Gasteiger partial charge on any atom is 0.290 e. The molecule has 1 amide bonds. The molecule has 3 rings (SSSR count). The average molecular weight is 351 g/mol. The van der Waals surface area contributed by atoms with Gasteiger partial charge in [0.2, 0.25) is 0 Å². The maximum atomic E-state index is 12.6. The first kappa shape index (κ1) is 18.4. The van der Waals surface area contributed by atoms with Crippen molar-refractivity contribution in [2.24, 2.45) is 11.7 Å². The molecule has 1 aromatic carbocycles. The number of ether oxygens (including phenoxy) is 1. The van der Waals surface area contributed by atoms with E-state index in [1.54, 1.807) is 12.1 Å². The number of likely N-dealkylation sites (tertiary alicyclic amines) is 1. The summed E-state index contributed by atoms with van der Waals surface area (Å²) in [5.74, 6) is 1.75. The van der Waals surface area contributed by atoms with Crippen LogP contribution in [0.15, 0.2) is 46.9 Å². The summed E-state index contributed by atoms with van der Waals surface area (Å²) in [4.78, 5) is 14.4. The standard InChI is InChI=1S/C18H22N2O3.ClH/c19-11-10-14-5-4-12-20(13-14)18(21)16-8-9-17(23-16)22-15-6-2-1-3-7-15;/h1-3,6-9,14H,4-5,10-13,19H2;1H. The number of rotatable bonds is 5. The second-order valence-electron chi connectivity index (χ2n) is 5.87. The fourth-order valence-corrected chi connectivity index (χ4v) is 2.97. The number of piperidine rings is 1. The van der Waals surface area contributed by atoms with Gasteiger partial charge in [-0.05, 0) is 49.9 Å². The quantitative estimate of drug-likeness (QED) is 0.892. The normalized spacial score (nSPS) is 17.2. The van der Waals surface area contributed by atoms with E-state index in [9.17, 15) is 4.79 Å². The van der Waals surface area contributed by atoms with Gasteiger partial charge in [-0.25, -0.2) is 0 Å². The van der Waals surface area contributed by atoms with Gasteiger partial charge >= 0.3 is 0 Å². The van der Waals surface area contributed by atoms with E-state index in [1.165, 1.54) is 0 Å². The molecule has 1 aliphatic rings. The van der Waals surface area contributed by atoms with Crippen LogP contribution >= 0.6 is 12.4 Å². The number of hydrogen-bond acceptors (Lipinski definition) is 4. The number of benzene rings is 1. The second-order valence-corrected chi connectivity index (χ2v) is 5.87. The summed E-state index contributed by atoms with van der Waals surface area (Å²) in [6.45, 7) is 2.20. The van der Waals surface area contributed by atoms with Crippen LogP contribution in [-0.2, 0) is 0 Å². The Labute approximate surface area is 148 Å². The van der Waals surface area contributed by atoms with Gasteiger partial charge in [0.1, 0.15) is 5.75 Å². The number of para-hydroxylation sites is 1. The van der Waals surface area contributed by atoms with E-state index in [0.29, 0.717) is 29.9 Å². The van der Waals surface area contributed by atoms with Crippen molar-refractivity contribution >= 4 is 18.3 Å². The largest absolute Gasteiger partial charge is 0.426 e. The Bertz CT molecular complexity index is 643. The summed E-state index contributed by atoms with van der Waals surface area (Å²) in [5.41, 5.74) is 5.63. The molecule has 5 nitrogen and oxygen atoms in total. The number of hydrogen-bond donors (Lipinski definition) is 1. The van der Waals surface area contributed by atoms with Gasteiger partial charge in [-0.1, -0.05) is 18.2 Å². The van der Waals surface area contributed by atoms with Crippen LogP contribution in [0.5, 0.6) is 11.7 Å². The molecule has 0 radical (unpaired) electrons. The summed E-state index contributed by atoms with van der Waals surface area (Å²) < 4.78 is 11.2. The lowest BCUT2D eigenvalue weighted by atomic mass is 9.95. The van der Waals surface area contributed by atoms with Crippen LogP contribution in [0.1, 0.15) is 29.8 Å². The van der Waals surface area contributed by atoms with Crippen LogP contribution < -0.4 is 10.5 Å². The lowest BCUT2D eigenvalue weighted by Gasteiger charge is -2.32. The number of amides is 1. The van der Waals surface area contributed by atoms with Crippen molar-refractivity contribution < 1.29 is 13.9 Å². The van der Waals surface area contributed by atoms with Crippen LogP contribution in [0, 0.1) is 5.92 Å². The number of carbonyl (C=O) groups excluding carboxylic acids is 1. The Balaban J connectivity index is 0.00000208. The molecule has 1 aliphatic heterocycles. The molecule has 2 N–H and O–H groups in total. The minimum Gasteiger partial charge on any atom is -0.426 e. The molecule has 1 aromatic heterocycles. The van der Waals surface area contributed by atoms with E-state index in [2.05, 4.69) is 0 Å². The highest BCUT2D eigenvalue weighted by atomic mass is 35.5. The Morgan fingerprint density at radius 1 is 1.25 bits per heavy atom. The predicted molar refractivity (Wildman–Crippen MR) is 94.8 cm³/mol. The van der Waals surface area contributed by atoms with Gasteiger partial charge in [-0.2, -0.15) is 0 Å². The van der Waals surface area contributed by atoms with Crippen molar-refractivity contribution in [1.29, 1.82) is 0 Å². The van der Waals surface area contributed by atoms with E-state index >= 15 is 0 Å². The molecule has 0 aliphatic carbocycles. The van der Waals surface area contributed by atoms with Gasteiger partial charge < -0.3 is 19.8 Å². The van der Waals surface area contributed by atoms with E-state index in [1.807, 2.05) is 35.2 Å². The first-order chi connectivity index (χ1) is 11.3. The molecule has 2 aromatic rings. The molecule has 1 unspecified atom stereocenters. The van der Waals surface area contributed by atoms with Crippen molar-refractivity contribution in [2.45, 2.75) is 19.3 Å². The molecule has 0 saturated carbocycles. The molecular weight excluding hydrogens is 328 g/mol. The highest BCUT2D eigenvalue weighted by Gasteiger charge is 2.26. The molecule has 24 heavy (non-hydrogen) atoms. The van der Waals surface area contributed by atoms with Crippen LogP contribution in [0.25, 0.3) is 0 Å². The number of nitrogens with zero attached hydrogens (tertiary/aromatic N) is 1. The summed E-state index contributed by atoms with van der Waals surface area (Å²) in [6.07, 6.45) is 3.12. The molecule has 1 fully saturated rings. The number of furan rings is 1. The Hall–Kier alpha value is -1.98. The minimum absolute atomic E-state index is 0. The van der Waals surface area contributed by atoms with E-state index < -0.39 is 0 Å². The molecule has 1 saturated heterocycles. The highest BCUT2D eigenvalue weighted by molar-refractivity contribution is 5.91. The van der Waals surface area contributed by atoms with Crippen molar-refractivity contribution in [3.63, 3.8) is 0 Å². The summed E-state index contributed by atoms with van der Waals surface area (Å²) in [5, 5.41) is 0. The summed E-state index contributed by atoms with van der Waals surface area (Å²) >= 11 is 0. The number of carbonyl (C=O) groups is 1. The van der Waals surface area contributed by atoms with Crippen LogP contribution in [0.3, 0.4) is 0 Å². The third-order valence-electron chi connectivity index (χ3n) is 4.13. The van der Waals surface area contributed by atoms with Crippen molar-refractivity contribution in [1.82, 2.24) is 4.90 Å². The molecule has 0 spiro atoms. The highest BCUT2D eigenvalue weighted by Crippen LogP contribution is 2.26. The third kappa shape index (κ3) is 4.52. The van der Waals surface area contributed by atoms with Gasteiger partial charge in [0.25, 0.3) is 11.9 Å². The van der Waals surface area contributed by atoms with Crippen LogP contribution in [0.2, 0.25) is 0 Å². The molecule has 0 bridgehead atoms. The zero-order chi connectivity index (χ0) is 16.1. The van der Waals surface area contributed by atoms with E-state index in [0.717, 1.165) is 32.4 Å². The molecule has 6 heteroatoms. The number of halogens is 1. The fourth-order valence-electron chi connectivity index (χ4n) is 2.97. The number of nitrogens with two attached hydrogens (primary N) is 1. The van der Waals surface area contributed by atoms with Gasteiger partial charge in [0.15, 0.2) is 5.76 Å². The Kier molecular flexibility index (Phi) is 6.70. The fraction of sp³-hybridized carbons (Fsp3) is 0.389. The first-order valence-electron chi connectivity index (χ1n) is 8.08. The first-order valence-corrected chi connectivity index (χ1v) is 8.08. The smallest absolute Gasteiger partial charge is 0.290 e. The maximum absolute atomic E-state index is 12.6. The summed E-state index contributed by atoms with van der Waals surface area (Å²) in [6, 6.07) is 12.7. The van der Waals surface area contributed by atoms with Gasteiger partial charge in [-0.15, -0.1) is 12.4 Å². The molecule has 130 valence electrons. The topological polar surface area (TPSA) is 68.7 Å². The molecule has 2 heterocycles. The summed E-state index contributed by atoms with van der Waals surface area (Å²) in [7, 11) is 0. The van der Waals surface area contributed by atoms with Crippen molar-refractivity contribution in [3.05, 3.63) is 48.2 Å². The van der Waals surface area contributed by atoms with Crippen molar-refractivity contribution in [3.8, 4) is 11.7 Å². The third-order valence-corrected chi connectivity index (χ3v) is 4.13. The minimum atomic E-state index is -0.0744. The molecule has 1 atom stereocenters. The predicted octanol–water partition coefficient (Wildman–Crippen LogP) is 3.69.